The van der Waals surface area contributed by atoms with E-state index in [1.165, 1.54) is 11.1 Å². The van der Waals surface area contributed by atoms with Crippen LogP contribution in [0.25, 0.3) is 0 Å². The molecule has 1 unspecified atom stereocenters. The van der Waals surface area contributed by atoms with Gasteiger partial charge in [0.1, 0.15) is 5.82 Å². The Balaban J connectivity index is 1.29. The summed E-state index contributed by atoms with van der Waals surface area (Å²) in [4.78, 5) is 27.0. The van der Waals surface area contributed by atoms with Crippen LogP contribution < -0.4 is 5.32 Å². The number of hydrogen-bond donors (Lipinski definition) is 1. The summed E-state index contributed by atoms with van der Waals surface area (Å²) < 4.78 is 5.47. The summed E-state index contributed by atoms with van der Waals surface area (Å²) >= 11 is 0. The van der Waals surface area contributed by atoms with Crippen LogP contribution in [0.3, 0.4) is 0 Å². The molecule has 4 heterocycles. The normalized spacial score (nSPS) is 22.3. The van der Waals surface area contributed by atoms with E-state index < -0.39 is 0 Å². The maximum absolute atomic E-state index is 13.5. The number of fused-ring (bicyclic) bond motifs is 1. The molecule has 2 aromatic rings. The van der Waals surface area contributed by atoms with E-state index in [1.807, 2.05) is 34.2 Å². The van der Waals surface area contributed by atoms with Crippen molar-refractivity contribution in [2.75, 3.05) is 39.4 Å². The van der Waals surface area contributed by atoms with Gasteiger partial charge in [0, 0.05) is 52.0 Å². The van der Waals surface area contributed by atoms with Crippen molar-refractivity contribution in [1.29, 1.82) is 0 Å². The van der Waals surface area contributed by atoms with Gasteiger partial charge >= 0.3 is 6.03 Å². The number of carbonyl (C=O) groups excluding carboxylic acids is 1. The van der Waals surface area contributed by atoms with Crippen LogP contribution in [0.15, 0.2) is 36.5 Å². The van der Waals surface area contributed by atoms with E-state index in [2.05, 4.69) is 22.4 Å². The number of piperazine rings is 1. The lowest BCUT2D eigenvalue weighted by atomic mass is 9.96. The van der Waals surface area contributed by atoms with Crippen LogP contribution >= 0.6 is 0 Å². The number of aromatic nitrogens is 2. The van der Waals surface area contributed by atoms with Gasteiger partial charge in [-0.2, -0.15) is 0 Å². The number of ether oxygens (including phenoxy) is 1. The van der Waals surface area contributed by atoms with Gasteiger partial charge in [0.05, 0.1) is 18.3 Å². The summed E-state index contributed by atoms with van der Waals surface area (Å²) in [6.07, 6.45) is 5.86. The predicted octanol–water partition coefficient (Wildman–Crippen LogP) is 2.57. The van der Waals surface area contributed by atoms with Crippen molar-refractivity contribution in [2.24, 2.45) is 5.92 Å². The molecule has 3 aliphatic rings. The number of rotatable bonds is 3. The van der Waals surface area contributed by atoms with Gasteiger partial charge in [-0.3, -0.25) is 0 Å². The first-order valence-electron chi connectivity index (χ1n) is 11.5. The summed E-state index contributed by atoms with van der Waals surface area (Å²) in [7, 11) is 0. The Morgan fingerprint density at radius 3 is 2.84 bits per heavy atom. The van der Waals surface area contributed by atoms with Crippen LogP contribution in [0.1, 0.15) is 41.5 Å². The molecule has 2 amide bonds. The Morgan fingerprint density at radius 2 is 2.00 bits per heavy atom. The second-order valence-corrected chi connectivity index (χ2v) is 8.80. The molecule has 0 radical (unpaired) electrons. The molecule has 1 atom stereocenters. The molecule has 2 fully saturated rings. The molecular weight excluding hydrogens is 390 g/mol. The highest BCUT2D eigenvalue weighted by molar-refractivity contribution is 5.75. The van der Waals surface area contributed by atoms with E-state index >= 15 is 0 Å². The second-order valence-electron chi connectivity index (χ2n) is 8.80. The molecule has 31 heavy (non-hydrogen) atoms. The number of benzene rings is 1. The van der Waals surface area contributed by atoms with E-state index in [0.717, 1.165) is 76.6 Å². The molecule has 3 aliphatic heterocycles. The largest absolute Gasteiger partial charge is 0.381 e. The SMILES string of the molecule is O=C(N1CCc2cnc(CC3CCOCC3)nc2C1)N1CCNCC1c1ccccc1. The molecule has 2 saturated heterocycles. The number of carbonyl (C=O) groups is 1. The quantitative estimate of drug-likeness (QED) is 0.825. The smallest absolute Gasteiger partial charge is 0.320 e. The lowest BCUT2D eigenvalue weighted by Crippen LogP contribution is -2.54. The van der Waals surface area contributed by atoms with Crippen LogP contribution in [0.4, 0.5) is 4.79 Å². The molecule has 164 valence electrons. The van der Waals surface area contributed by atoms with Crippen LogP contribution in [0.2, 0.25) is 0 Å². The molecule has 1 N–H and O–H groups in total. The Kier molecular flexibility index (Phi) is 6.13. The van der Waals surface area contributed by atoms with Crippen molar-refractivity contribution in [3.8, 4) is 0 Å². The Hall–Kier alpha value is -2.51. The number of urea groups is 1. The van der Waals surface area contributed by atoms with Crippen molar-refractivity contribution >= 4 is 6.03 Å². The van der Waals surface area contributed by atoms with Crippen LogP contribution in [-0.4, -0.2) is 65.2 Å². The fraction of sp³-hybridized carbons (Fsp3) is 0.542. The van der Waals surface area contributed by atoms with Gasteiger partial charge in [0.15, 0.2) is 0 Å². The summed E-state index contributed by atoms with van der Waals surface area (Å²) in [5, 5.41) is 3.44. The first-order valence-corrected chi connectivity index (χ1v) is 11.5. The average Bonchev–Trinajstić information content (AvgIpc) is 2.84. The van der Waals surface area contributed by atoms with Gasteiger partial charge in [0.25, 0.3) is 0 Å². The van der Waals surface area contributed by atoms with Crippen molar-refractivity contribution in [3.63, 3.8) is 0 Å². The number of hydrogen-bond acceptors (Lipinski definition) is 5. The number of nitrogens with zero attached hydrogens (tertiary/aromatic N) is 4. The van der Waals surface area contributed by atoms with Crippen LogP contribution in [0.5, 0.6) is 0 Å². The van der Waals surface area contributed by atoms with E-state index in [-0.39, 0.29) is 12.1 Å². The Bertz CT molecular complexity index is 900. The fourth-order valence-corrected chi connectivity index (χ4v) is 4.90. The first kappa shape index (κ1) is 20.4. The topological polar surface area (TPSA) is 70.6 Å². The minimum absolute atomic E-state index is 0.0679. The average molecular weight is 422 g/mol. The number of nitrogens with one attached hydrogen (secondary N) is 1. The molecule has 0 spiro atoms. The summed E-state index contributed by atoms with van der Waals surface area (Å²) in [5.74, 6) is 1.50. The van der Waals surface area contributed by atoms with Gasteiger partial charge in [-0.05, 0) is 36.3 Å². The standard InChI is InChI=1S/C24H31N5O2/c30-24(29-11-9-25-16-22(29)19-4-2-1-3-5-19)28-10-6-20-15-26-23(27-21(20)17-28)14-18-7-12-31-13-8-18/h1-5,15,18,22,25H,6-14,16-17H2. The van der Waals surface area contributed by atoms with Gasteiger partial charge in [-0.25, -0.2) is 14.8 Å². The molecule has 0 saturated carbocycles. The van der Waals surface area contributed by atoms with Crippen molar-refractivity contribution in [1.82, 2.24) is 25.1 Å². The third-order valence-electron chi connectivity index (χ3n) is 6.75. The molecule has 7 nitrogen and oxygen atoms in total. The lowest BCUT2D eigenvalue weighted by molar-refractivity contribution is 0.0659. The highest BCUT2D eigenvalue weighted by Gasteiger charge is 2.33. The van der Waals surface area contributed by atoms with E-state index in [1.54, 1.807) is 0 Å². The predicted molar refractivity (Wildman–Crippen MR) is 118 cm³/mol. The fourth-order valence-electron chi connectivity index (χ4n) is 4.90. The second kappa shape index (κ2) is 9.32. The minimum atomic E-state index is 0.0679. The molecule has 7 heteroatoms. The summed E-state index contributed by atoms with van der Waals surface area (Å²) in [6, 6.07) is 10.5. The van der Waals surface area contributed by atoms with Crippen molar-refractivity contribution in [3.05, 3.63) is 59.2 Å². The molecule has 5 rings (SSSR count). The zero-order valence-corrected chi connectivity index (χ0v) is 18.0. The zero-order valence-electron chi connectivity index (χ0n) is 18.0. The zero-order chi connectivity index (χ0) is 21.0. The van der Waals surface area contributed by atoms with E-state index in [4.69, 9.17) is 9.72 Å². The van der Waals surface area contributed by atoms with E-state index in [0.29, 0.717) is 12.5 Å². The van der Waals surface area contributed by atoms with Crippen LogP contribution in [-0.2, 0) is 24.1 Å². The molecular formula is C24H31N5O2. The Labute approximate surface area is 183 Å². The van der Waals surface area contributed by atoms with Crippen molar-refractivity contribution < 1.29 is 9.53 Å². The van der Waals surface area contributed by atoms with Crippen LogP contribution in [0, 0.1) is 5.92 Å². The summed E-state index contributed by atoms with van der Waals surface area (Å²) in [6.45, 7) is 5.31. The van der Waals surface area contributed by atoms with Gasteiger partial charge in [0.2, 0.25) is 0 Å². The van der Waals surface area contributed by atoms with Gasteiger partial charge in [-0.1, -0.05) is 30.3 Å². The van der Waals surface area contributed by atoms with E-state index in [9.17, 15) is 4.79 Å². The number of amides is 2. The molecule has 0 bridgehead atoms. The minimum Gasteiger partial charge on any atom is -0.381 e. The summed E-state index contributed by atoms with van der Waals surface area (Å²) in [5.41, 5.74) is 3.38. The Morgan fingerprint density at radius 1 is 1.16 bits per heavy atom. The third-order valence-corrected chi connectivity index (χ3v) is 6.75. The highest BCUT2D eigenvalue weighted by atomic mass is 16.5. The highest BCUT2D eigenvalue weighted by Crippen LogP contribution is 2.26. The first-order chi connectivity index (χ1) is 15.3. The monoisotopic (exact) mass is 421 g/mol. The molecule has 1 aromatic heterocycles. The third kappa shape index (κ3) is 4.57. The maximum atomic E-state index is 13.5. The molecule has 1 aromatic carbocycles. The lowest BCUT2D eigenvalue weighted by Gasteiger charge is -2.40. The van der Waals surface area contributed by atoms with Gasteiger partial charge < -0.3 is 19.9 Å². The van der Waals surface area contributed by atoms with Crippen molar-refractivity contribution in [2.45, 2.75) is 38.3 Å². The maximum Gasteiger partial charge on any atom is 0.320 e. The van der Waals surface area contributed by atoms with Gasteiger partial charge in [-0.15, -0.1) is 0 Å². The molecule has 0 aliphatic carbocycles.